The molecule has 2 aromatic carbocycles. The lowest BCUT2D eigenvalue weighted by atomic mass is 9.74. The van der Waals surface area contributed by atoms with Crippen molar-refractivity contribution in [1.82, 2.24) is 4.90 Å². The Hall–Kier alpha value is -2.08. The van der Waals surface area contributed by atoms with Crippen LogP contribution in [0.15, 0.2) is 48.5 Å². The molecule has 1 N–H and O–H groups in total. The molecule has 34 heavy (non-hydrogen) atoms. The molecule has 2 aromatic rings. The van der Waals surface area contributed by atoms with Gasteiger partial charge < -0.3 is 14.7 Å². The molecule has 0 spiro atoms. The van der Waals surface area contributed by atoms with E-state index < -0.39 is 11.9 Å². The van der Waals surface area contributed by atoms with Gasteiger partial charge in [-0.1, -0.05) is 54.4 Å². The van der Waals surface area contributed by atoms with Gasteiger partial charge in [0.05, 0.1) is 25.1 Å². The summed E-state index contributed by atoms with van der Waals surface area (Å²) in [5.74, 6) is -1.18. The zero-order chi connectivity index (χ0) is 24.2. The third-order valence-electron chi connectivity index (χ3n) is 6.96. The summed E-state index contributed by atoms with van der Waals surface area (Å²) in [6.45, 7) is 3.19. The minimum absolute atomic E-state index is 0.112. The first kappa shape index (κ1) is 25.0. The number of carbonyl (C=O) groups excluding carboxylic acids is 1. The van der Waals surface area contributed by atoms with Gasteiger partial charge in [0.1, 0.15) is 0 Å². The van der Waals surface area contributed by atoms with Crippen LogP contribution in [0.25, 0.3) is 0 Å². The molecule has 0 aromatic heterocycles. The maximum absolute atomic E-state index is 13.8. The molecule has 7 heteroatoms. The third kappa shape index (κ3) is 5.94. The van der Waals surface area contributed by atoms with E-state index >= 15 is 0 Å². The minimum Gasteiger partial charge on any atom is -0.481 e. The smallest absolute Gasteiger partial charge is 0.304 e. The summed E-state index contributed by atoms with van der Waals surface area (Å²) in [6, 6.07) is 14.8. The molecule has 1 saturated carbocycles. The molecular weight excluding hydrogens is 473 g/mol. The Morgan fingerprint density at radius 2 is 1.85 bits per heavy atom. The number of rotatable bonds is 10. The number of aliphatic carboxylic acids is 1. The molecule has 182 valence electrons. The molecule has 4 rings (SSSR count). The standard InChI is InChI=1S/C27H31Cl2NO4/c1-2-23(16-34-15-17-6-7-17)30-26(18-8-10-21(28)11-9-18)24(19-4-3-5-22(29)12-19)13-20(27(30)33)14-25(31)32/h3-5,8-12,17,20,23-24,26H,2,6-7,13-16H2,1H3,(H,31,32)/t20?,23?,24-,26?/m1/s1. The van der Waals surface area contributed by atoms with Gasteiger partial charge in [-0.05, 0) is 67.0 Å². The maximum atomic E-state index is 13.8. The quantitative estimate of drug-likeness (QED) is 0.410. The highest BCUT2D eigenvalue weighted by atomic mass is 35.5. The second-order valence-electron chi connectivity index (χ2n) is 9.48. The highest BCUT2D eigenvalue weighted by Crippen LogP contribution is 2.47. The molecule has 3 unspecified atom stereocenters. The van der Waals surface area contributed by atoms with Crippen LogP contribution in [-0.4, -0.2) is 41.1 Å². The van der Waals surface area contributed by atoms with Crippen LogP contribution in [0.2, 0.25) is 10.0 Å². The molecule has 1 saturated heterocycles. The van der Waals surface area contributed by atoms with Gasteiger partial charge in [-0.3, -0.25) is 9.59 Å². The number of piperidine rings is 1. The lowest BCUT2D eigenvalue weighted by molar-refractivity contribution is -0.154. The summed E-state index contributed by atoms with van der Waals surface area (Å²) in [6.07, 6.45) is 3.35. The lowest BCUT2D eigenvalue weighted by Crippen LogP contribution is -2.53. The highest BCUT2D eigenvalue weighted by molar-refractivity contribution is 6.30. The molecular formula is C27H31Cl2NO4. The monoisotopic (exact) mass is 503 g/mol. The Morgan fingerprint density at radius 1 is 1.12 bits per heavy atom. The van der Waals surface area contributed by atoms with Crippen LogP contribution in [0.3, 0.4) is 0 Å². The summed E-state index contributed by atoms with van der Waals surface area (Å²) in [5, 5.41) is 10.8. The number of hydrogen-bond acceptors (Lipinski definition) is 3. The van der Waals surface area contributed by atoms with Crippen molar-refractivity contribution in [3.63, 3.8) is 0 Å². The van der Waals surface area contributed by atoms with Crippen LogP contribution in [0.5, 0.6) is 0 Å². The van der Waals surface area contributed by atoms with E-state index in [4.69, 9.17) is 27.9 Å². The SMILES string of the molecule is CCC(COCC1CC1)N1C(=O)C(CC(=O)O)C[C@H](c2cccc(Cl)c2)C1c1ccc(Cl)cc1. The fraction of sp³-hybridized carbons (Fsp3) is 0.481. The Balaban J connectivity index is 1.76. The van der Waals surface area contributed by atoms with Gasteiger partial charge in [0.15, 0.2) is 0 Å². The van der Waals surface area contributed by atoms with Crippen molar-refractivity contribution in [3.8, 4) is 0 Å². The summed E-state index contributed by atoms with van der Waals surface area (Å²) >= 11 is 12.5. The Kier molecular flexibility index (Phi) is 8.18. The number of amides is 1. The number of carboxylic acids is 1. The number of hydrogen-bond donors (Lipinski definition) is 1. The second-order valence-corrected chi connectivity index (χ2v) is 10.3. The van der Waals surface area contributed by atoms with Crippen molar-refractivity contribution < 1.29 is 19.4 Å². The first-order valence-electron chi connectivity index (χ1n) is 12.0. The zero-order valence-corrected chi connectivity index (χ0v) is 20.8. The molecule has 0 bridgehead atoms. The molecule has 5 nitrogen and oxygen atoms in total. The fourth-order valence-corrected chi connectivity index (χ4v) is 5.35. The van der Waals surface area contributed by atoms with E-state index in [2.05, 4.69) is 0 Å². The summed E-state index contributed by atoms with van der Waals surface area (Å²) in [7, 11) is 0. The predicted molar refractivity (Wildman–Crippen MR) is 133 cm³/mol. The Labute approximate surface area is 211 Å². The minimum atomic E-state index is -0.967. The molecule has 1 amide bonds. The van der Waals surface area contributed by atoms with E-state index in [9.17, 15) is 14.7 Å². The van der Waals surface area contributed by atoms with Crippen molar-refractivity contribution in [2.24, 2.45) is 11.8 Å². The summed E-state index contributed by atoms with van der Waals surface area (Å²) in [5.41, 5.74) is 1.96. The number of halogens is 2. The van der Waals surface area contributed by atoms with Crippen molar-refractivity contribution in [3.05, 3.63) is 69.7 Å². The molecule has 2 fully saturated rings. The van der Waals surface area contributed by atoms with E-state index in [0.29, 0.717) is 42.0 Å². The van der Waals surface area contributed by atoms with Crippen molar-refractivity contribution in [1.29, 1.82) is 0 Å². The third-order valence-corrected chi connectivity index (χ3v) is 7.44. The molecule has 1 aliphatic heterocycles. The van der Waals surface area contributed by atoms with Gasteiger partial charge in [-0.15, -0.1) is 0 Å². The zero-order valence-electron chi connectivity index (χ0n) is 19.3. The first-order valence-corrected chi connectivity index (χ1v) is 12.8. The van der Waals surface area contributed by atoms with E-state index in [1.165, 1.54) is 12.8 Å². The number of benzene rings is 2. The van der Waals surface area contributed by atoms with E-state index in [0.717, 1.165) is 11.1 Å². The molecule has 2 aliphatic rings. The molecule has 0 radical (unpaired) electrons. The van der Waals surface area contributed by atoms with Gasteiger partial charge >= 0.3 is 5.97 Å². The van der Waals surface area contributed by atoms with Gasteiger partial charge in [0.25, 0.3) is 0 Å². The van der Waals surface area contributed by atoms with Crippen LogP contribution in [0.4, 0.5) is 0 Å². The van der Waals surface area contributed by atoms with E-state index in [1.807, 2.05) is 60.4 Å². The molecule has 1 aliphatic carbocycles. The van der Waals surface area contributed by atoms with Crippen molar-refractivity contribution >= 4 is 35.1 Å². The average Bonchev–Trinajstić information content (AvgIpc) is 3.63. The van der Waals surface area contributed by atoms with E-state index in [1.54, 1.807) is 0 Å². The van der Waals surface area contributed by atoms with Crippen LogP contribution < -0.4 is 0 Å². The second kappa shape index (κ2) is 11.1. The summed E-state index contributed by atoms with van der Waals surface area (Å²) < 4.78 is 6.04. The van der Waals surface area contributed by atoms with Crippen LogP contribution >= 0.6 is 23.2 Å². The first-order chi connectivity index (χ1) is 16.4. The molecule has 4 atom stereocenters. The number of carbonyl (C=O) groups is 2. The van der Waals surface area contributed by atoms with Gasteiger partial charge in [0, 0.05) is 28.5 Å². The van der Waals surface area contributed by atoms with Gasteiger partial charge in [-0.25, -0.2) is 0 Å². The number of ether oxygens (including phenoxy) is 1. The van der Waals surface area contributed by atoms with Crippen molar-refractivity contribution in [2.45, 2.75) is 57.0 Å². The normalized spacial score (nSPS) is 23.7. The van der Waals surface area contributed by atoms with Crippen LogP contribution in [-0.2, 0) is 14.3 Å². The van der Waals surface area contributed by atoms with Crippen LogP contribution in [0.1, 0.15) is 62.1 Å². The topological polar surface area (TPSA) is 66.8 Å². The number of likely N-dealkylation sites (tertiary alicyclic amines) is 1. The Morgan fingerprint density at radius 3 is 2.47 bits per heavy atom. The summed E-state index contributed by atoms with van der Waals surface area (Å²) in [4.78, 5) is 27.4. The predicted octanol–water partition coefficient (Wildman–Crippen LogP) is 6.35. The highest BCUT2D eigenvalue weighted by Gasteiger charge is 2.46. The number of nitrogens with zero attached hydrogens (tertiary/aromatic N) is 1. The fourth-order valence-electron chi connectivity index (χ4n) is 5.03. The van der Waals surface area contributed by atoms with Crippen LogP contribution in [0, 0.1) is 11.8 Å². The van der Waals surface area contributed by atoms with Gasteiger partial charge in [0.2, 0.25) is 5.91 Å². The van der Waals surface area contributed by atoms with E-state index in [-0.39, 0.29) is 30.3 Å². The average molecular weight is 504 g/mol. The lowest BCUT2D eigenvalue weighted by Gasteiger charge is -2.48. The van der Waals surface area contributed by atoms with Gasteiger partial charge in [-0.2, -0.15) is 0 Å². The molecule has 1 heterocycles. The number of carboxylic acid groups (broad SMARTS) is 1. The maximum Gasteiger partial charge on any atom is 0.304 e. The Bertz CT molecular complexity index is 1010. The largest absolute Gasteiger partial charge is 0.481 e. The van der Waals surface area contributed by atoms with Crippen molar-refractivity contribution in [2.75, 3.05) is 13.2 Å².